The summed E-state index contributed by atoms with van der Waals surface area (Å²) in [6.07, 6.45) is 5.03. The Balaban J connectivity index is 1.65. The van der Waals surface area contributed by atoms with Crippen molar-refractivity contribution in [2.24, 2.45) is 0 Å². The van der Waals surface area contributed by atoms with Crippen molar-refractivity contribution in [3.63, 3.8) is 0 Å². The number of thiazole rings is 1. The van der Waals surface area contributed by atoms with E-state index in [1.807, 2.05) is 39.8 Å². The number of nitrogens with zero attached hydrogens (tertiary/aromatic N) is 3. The van der Waals surface area contributed by atoms with Crippen LogP contribution in [0.25, 0.3) is 10.2 Å². The van der Waals surface area contributed by atoms with E-state index in [0.717, 1.165) is 47.0 Å². The second kappa shape index (κ2) is 12.2. The highest BCUT2D eigenvalue weighted by Gasteiger charge is 2.26. The average molecular weight is 554 g/mol. The molecule has 2 aromatic carbocycles. The second-order valence-corrected chi connectivity index (χ2v) is 12.4. The molecule has 0 saturated carbocycles. The molecule has 0 spiro atoms. The maximum Gasteiger partial charge on any atom is 0.260 e. The number of hydrogen-bond donors (Lipinski definition) is 0. The van der Waals surface area contributed by atoms with Crippen molar-refractivity contribution < 1.29 is 17.6 Å². The molecule has 202 valence electrons. The van der Waals surface area contributed by atoms with Crippen LogP contribution >= 0.6 is 11.3 Å². The van der Waals surface area contributed by atoms with Gasteiger partial charge in [0, 0.05) is 18.7 Å². The molecule has 0 aliphatic rings. The van der Waals surface area contributed by atoms with Crippen LogP contribution in [0.15, 0.2) is 64.1 Å². The fraction of sp³-hybridized carbons (Fsp3) is 0.379. The SMILES string of the molecule is CCCCN(CCCC)S(=O)(=O)c1ccc(C(=O)N(Cc2ccco2)c2nc3cc(C)cc(C)c3s2)cc1. The molecule has 0 aliphatic carbocycles. The Bertz CT molecular complexity index is 1470. The van der Waals surface area contributed by atoms with Crippen LogP contribution < -0.4 is 4.90 Å². The first-order chi connectivity index (χ1) is 18.2. The number of unbranched alkanes of at least 4 members (excludes halogenated alkanes) is 2. The van der Waals surface area contributed by atoms with Gasteiger partial charge in [-0.3, -0.25) is 9.69 Å². The van der Waals surface area contributed by atoms with Gasteiger partial charge in [-0.1, -0.05) is 44.1 Å². The summed E-state index contributed by atoms with van der Waals surface area (Å²) >= 11 is 1.46. The Labute approximate surface area is 229 Å². The molecule has 4 aromatic rings. The van der Waals surface area contributed by atoms with Gasteiger partial charge in [-0.15, -0.1) is 0 Å². The van der Waals surface area contributed by atoms with E-state index in [9.17, 15) is 13.2 Å². The maximum atomic E-state index is 13.8. The van der Waals surface area contributed by atoms with Crippen LogP contribution in [0.5, 0.6) is 0 Å². The van der Waals surface area contributed by atoms with Crippen molar-refractivity contribution in [3.8, 4) is 0 Å². The minimum absolute atomic E-state index is 0.199. The molecule has 9 heteroatoms. The molecule has 0 saturated heterocycles. The van der Waals surface area contributed by atoms with Crippen LogP contribution in [-0.2, 0) is 16.6 Å². The first kappa shape index (κ1) is 28.0. The predicted molar refractivity (Wildman–Crippen MR) is 153 cm³/mol. The predicted octanol–water partition coefficient (Wildman–Crippen LogP) is 6.94. The zero-order valence-electron chi connectivity index (χ0n) is 22.4. The number of aromatic nitrogens is 1. The van der Waals surface area contributed by atoms with Gasteiger partial charge in [0.1, 0.15) is 5.76 Å². The standard InChI is InChI=1S/C29H35N3O4S2/c1-5-7-15-31(16-8-6-2)38(34,35)25-13-11-23(12-14-25)28(33)32(20-24-10-9-17-36-24)29-30-26-19-21(3)18-22(4)27(26)37-29/h9-14,17-19H,5-8,15-16,20H2,1-4H3. The van der Waals surface area contributed by atoms with Crippen LogP contribution in [0, 0.1) is 13.8 Å². The van der Waals surface area contributed by atoms with Crippen molar-refractivity contribution >= 4 is 42.6 Å². The van der Waals surface area contributed by atoms with Gasteiger partial charge >= 0.3 is 0 Å². The minimum Gasteiger partial charge on any atom is -0.467 e. The lowest BCUT2D eigenvalue weighted by Crippen LogP contribution is -2.33. The van der Waals surface area contributed by atoms with Crippen LogP contribution in [-0.4, -0.2) is 36.7 Å². The van der Waals surface area contributed by atoms with Crippen molar-refractivity contribution in [2.75, 3.05) is 18.0 Å². The molecule has 2 heterocycles. The van der Waals surface area contributed by atoms with E-state index < -0.39 is 10.0 Å². The third-order valence-corrected chi connectivity index (χ3v) is 9.58. The number of furan rings is 1. The quantitative estimate of drug-likeness (QED) is 0.190. The number of fused-ring (bicyclic) bond motifs is 1. The van der Waals surface area contributed by atoms with E-state index in [0.29, 0.717) is 29.5 Å². The molecule has 0 fully saturated rings. The number of benzene rings is 2. The van der Waals surface area contributed by atoms with Gasteiger partial charge in [-0.25, -0.2) is 13.4 Å². The fourth-order valence-electron chi connectivity index (χ4n) is 4.36. The van der Waals surface area contributed by atoms with Crippen LogP contribution in [0.2, 0.25) is 0 Å². The Morgan fingerprint density at radius 1 is 1.00 bits per heavy atom. The second-order valence-electron chi connectivity index (χ2n) is 9.53. The van der Waals surface area contributed by atoms with Crippen LogP contribution in [0.4, 0.5) is 5.13 Å². The monoisotopic (exact) mass is 553 g/mol. The zero-order valence-corrected chi connectivity index (χ0v) is 24.1. The van der Waals surface area contributed by atoms with E-state index in [4.69, 9.17) is 9.40 Å². The smallest absolute Gasteiger partial charge is 0.260 e. The third kappa shape index (κ3) is 6.17. The maximum absolute atomic E-state index is 13.8. The number of aryl methyl sites for hydroxylation is 2. The highest BCUT2D eigenvalue weighted by molar-refractivity contribution is 7.89. The molecule has 1 amide bonds. The van der Waals surface area contributed by atoms with Gasteiger partial charge in [0.15, 0.2) is 5.13 Å². The number of rotatable bonds is 12. The van der Waals surface area contributed by atoms with Gasteiger partial charge in [-0.05, 0) is 80.3 Å². The molecule has 0 atom stereocenters. The molecule has 4 rings (SSSR count). The van der Waals surface area contributed by atoms with Crippen LogP contribution in [0.1, 0.15) is 66.8 Å². The molecule has 2 aromatic heterocycles. The topological polar surface area (TPSA) is 83.7 Å². The van der Waals surface area contributed by atoms with Gasteiger partial charge in [0.2, 0.25) is 10.0 Å². The number of amides is 1. The minimum atomic E-state index is -3.64. The number of carbonyl (C=O) groups is 1. The van der Waals surface area contributed by atoms with Gasteiger partial charge in [-0.2, -0.15) is 4.31 Å². The Morgan fingerprint density at radius 3 is 2.29 bits per heavy atom. The van der Waals surface area contributed by atoms with E-state index in [1.165, 1.54) is 23.5 Å². The van der Waals surface area contributed by atoms with E-state index in [1.54, 1.807) is 33.7 Å². The first-order valence-corrected chi connectivity index (χ1v) is 15.3. The van der Waals surface area contributed by atoms with Gasteiger partial charge in [0.05, 0.1) is 27.9 Å². The highest BCUT2D eigenvalue weighted by atomic mass is 32.2. The average Bonchev–Trinajstić information content (AvgIpc) is 3.57. The lowest BCUT2D eigenvalue weighted by atomic mass is 10.1. The molecule has 0 aliphatic heterocycles. The van der Waals surface area contributed by atoms with Crippen molar-refractivity contribution in [1.82, 2.24) is 9.29 Å². The van der Waals surface area contributed by atoms with Gasteiger partial charge in [0.25, 0.3) is 5.91 Å². The summed E-state index contributed by atoms with van der Waals surface area (Å²) in [6.45, 7) is 9.37. The lowest BCUT2D eigenvalue weighted by Gasteiger charge is -2.22. The molecular weight excluding hydrogens is 518 g/mol. The van der Waals surface area contributed by atoms with E-state index in [-0.39, 0.29) is 17.3 Å². The highest BCUT2D eigenvalue weighted by Crippen LogP contribution is 2.34. The zero-order chi connectivity index (χ0) is 27.3. The van der Waals surface area contributed by atoms with Crippen molar-refractivity contribution in [1.29, 1.82) is 0 Å². The number of carbonyl (C=O) groups excluding carboxylic acids is 1. The van der Waals surface area contributed by atoms with Crippen molar-refractivity contribution in [2.45, 2.75) is 64.8 Å². The summed E-state index contributed by atoms with van der Waals surface area (Å²) in [5.41, 5.74) is 3.45. The van der Waals surface area contributed by atoms with E-state index in [2.05, 4.69) is 6.07 Å². The van der Waals surface area contributed by atoms with Gasteiger partial charge < -0.3 is 4.42 Å². The molecule has 0 bridgehead atoms. The largest absolute Gasteiger partial charge is 0.467 e. The summed E-state index contributed by atoms with van der Waals surface area (Å²) in [4.78, 5) is 20.3. The summed E-state index contributed by atoms with van der Waals surface area (Å²) in [5.74, 6) is 0.361. The number of anilines is 1. The fourth-order valence-corrected chi connectivity index (χ4v) is 6.89. The van der Waals surface area contributed by atoms with E-state index >= 15 is 0 Å². The summed E-state index contributed by atoms with van der Waals surface area (Å²) in [5, 5.41) is 0.567. The summed E-state index contributed by atoms with van der Waals surface area (Å²) < 4.78 is 34.9. The Hall–Kier alpha value is -3.01. The molecule has 0 radical (unpaired) electrons. The summed E-state index contributed by atoms with van der Waals surface area (Å²) in [7, 11) is -3.64. The lowest BCUT2D eigenvalue weighted by molar-refractivity contribution is 0.0983. The van der Waals surface area contributed by atoms with Crippen LogP contribution in [0.3, 0.4) is 0 Å². The number of hydrogen-bond acceptors (Lipinski definition) is 6. The Kier molecular flexibility index (Phi) is 9.02. The normalized spacial score (nSPS) is 11.9. The Morgan fingerprint density at radius 2 is 1.68 bits per heavy atom. The summed E-state index contributed by atoms with van der Waals surface area (Å²) in [6, 6.07) is 14.0. The molecule has 38 heavy (non-hydrogen) atoms. The molecular formula is C29H35N3O4S2. The first-order valence-electron chi connectivity index (χ1n) is 13.1. The third-order valence-electron chi connectivity index (χ3n) is 6.44. The molecule has 7 nitrogen and oxygen atoms in total. The molecule has 0 N–H and O–H groups in total. The number of sulfonamides is 1. The van der Waals surface area contributed by atoms with Crippen molar-refractivity contribution in [3.05, 3.63) is 77.2 Å². The molecule has 0 unspecified atom stereocenters.